The fourth-order valence-electron chi connectivity index (χ4n) is 2.83. The third kappa shape index (κ3) is 2.80. The van der Waals surface area contributed by atoms with E-state index in [1.165, 1.54) is 0 Å². The van der Waals surface area contributed by atoms with Gasteiger partial charge in [0.1, 0.15) is 5.82 Å². The second-order valence-corrected chi connectivity index (χ2v) is 6.03. The lowest BCUT2D eigenvalue weighted by atomic mass is 10.1. The number of ether oxygens (including phenoxy) is 1. The van der Waals surface area contributed by atoms with E-state index >= 15 is 0 Å². The Kier molecular flexibility index (Phi) is 4.49. The fraction of sp³-hybridized carbons (Fsp3) is 0.533. The predicted octanol–water partition coefficient (Wildman–Crippen LogP) is 3.90. The Morgan fingerprint density at radius 2 is 2.30 bits per heavy atom. The van der Waals surface area contributed by atoms with E-state index in [0.29, 0.717) is 11.8 Å². The number of aryl methyl sites for hydroxylation is 2. The lowest BCUT2D eigenvalue weighted by Crippen LogP contribution is -2.10. The van der Waals surface area contributed by atoms with Crippen LogP contribution in [0, 0.1) is 5.92 Å². The summed E-state index contributed by atoms with van der Waals surface area (Å²) in [6.45, 7) is 2.70. The fourth-order valence-corrected chi connectivity index (χ4v) is 3.27. The molecule has 0 bridgehead atoms. The molecule has 3 rings (SSSR count). The molecule has 1 atom stereocenters. The molecule has 108 valence electrons. The smallest absolute Gasteiger partial charge is 0.111 e. The molecule has 2 aromatic rings. The van der Waals surface area contributed by atoms with Crippen molar-refractivity contribution in [3.63, 3.8) is 0 Å². The first-order valence-corrected chi connectivity index (χ1v) is 7.98. The molecule has 0 saturated carbocycles. The molecule has 2 heterocycles. The van der Waals surface area contributed by atoms with E-state index < -0.39 is 0 Å². The Bertz CT molecular complexity index is 591. The Hall–Kier alpha value is -0.770. The molecule has 1 aliphatic heterocycles. The van der Waals surface area contributed by atoms with E-state index in [4.69, 9.17) is 27.9 Å². The van der Waals surface area contributed by atoms with Crippen molar-refractivity contribution in [1.82, 2.24) is 9.55 Å². The van der Waals surface area contributed by atoms with Gasteiger partial charge in [-0.05, 0) is 30.9 Å². The average Bonchev–Trinajstić information content (AvgIpc) is 3.05. The topological polar surface area (TPSA) is 27.1 Å². The van der Waals surface area contributed by atoms with Crippen LogP contribution in [-0.2, 0) is 17.7 Å². The van der Waals surface area contributed by atoms with E-state index in [1.807, 2.05) is 18.2 Å². The van der Waals surface area contributed by atoms with Crippen LogP contribution in [0.5, 0.6) is 0 Å². The van der Waals surface area contributed by atoms with Gasteiger partial charge in [-0.3, -0.25) is 0 Å². The van der Waals surface area contributed by atoms with Crippen LogP contribution in [0.1, 0.15) is 18.7 Å². The molecule has 0 amide bonds. The highest BCUT2D eigenvalue weighted by Crippen LogP contribution is 2.27. The van der Waals surface area contributed by atoms with Crippen molar-refractivity contribution in [2.45, 2.75) is 25.8 Å². The van der Waals surface area contributed by atoms with Gasteiger partial charge in [0.25, 0.3) is 0 Å². The van der Waals surface area contributed by atoms with Crippen molar-refractivity contribution in [2.24, 2.45) is 5.92 Å². The van der Waals surface area contributed by atoms with Crippen LogP contribution in [0.4, 0.5) is 0 Å². The molecule has 20 heavy (non-hydrogen) atoms. The van der Waals surface area contributed by atoms with E-state index in [0.717, 1.165) is 60.9 Å². The SMILES string of the molecule is ClCCc1nc2cccc(Cl)c2n1CCC1CCOC1. The molecule has 0 aliphatic carbocycles. The zero-order valence-electron chi connectivity index (χ0n) is 11.3. The molecule has 5 heteroatoms. The van der Waals surface area contributed by atoms with Gasteiger partial charge in [-0.25, -0.2) is 4.98 Å². The quantitative estimate of drug-likeness (QED) is 0.783. The maximum atomic E-state index is 6.35. The number of hydrogen-bond acceptors (Lipinski definition) is 2. The van der Waals surface area contributed by atoms with Crippen LogP contribution in [0.25, 0.3) is 11.0 Å². The Morgan fingerprint density at radius 1 is 1.40 bits per heavy atom. The van der Waals surface area contributed by atoms with Crippen LogP contribution in [0.3, 0.4) is 0 Å². The molecule has 1 saturated heterocycles. The summed E-state index contributed by atoms with van der Waals surface area (Å²) in [6.07, 6.45) is 3.03. The predicted molar refractivity (Wildman–Crippen MR) is 82.7 cm³/mol. The molecule has 1 aliphatic rings. The van der Waals surface area contributed by atoms with Gasteiger partial charge in [-0.2, -0.15) is 0 Å². The van der Waals surface area contributed by atoms with Gasteiger partial charge >= 0.3 is 0 Å². The molecule has 0 radical (unpaired) electrons. The van der Waals surface area contributed by atoms with E-state index in [1.54, 1.807) is 0 Å². The summed E-state index contributed by atoms with van der Waals surface area (Å²) in [5.41, 5.74) is 1.99. The zero-order valence-corrected chi connectivity index (χ0v) is 12.8. The van der Waals surface area contributed by atoms with Crippen molar-refractivity contribution in [2.75, 3.05) is 19.1 Å². The van der Waals surface area contributed by atoms with Crippen LogP contribution < -0.4 is 0 Å². The van der Waals surface area contributed by atoms with Crippen molar-refractivity contribution in [3.05, 3.63) is 29.0 Å². The zero-order chi connectivity index (χ0) is 13.9. The summed E-state index contributed by atoms with van der Waals surface area (Å²) < 4.78 is 7.68. The van der Waals surface area contributed by atoms with Gasteiger partial charge < -0.3 is 9.30 Å². The minimum atomic E-state index is 0.577. The molecule has 1 unspecified atom stereocenters. The molecule has 1 aromatic carbocycles. The van der Waals surface area contributed by atoms with Gasteiger partial charge in [0, 0.05) is 32.1 Å². The highest BCUT2D eigenvalue weighted by atomic mass is 35.5. The van der Waals surface area contributed by atoms with Crippen molar-refractivity contribution < 1.29 is 4.74 Å². The van der Waals surface area contributed by atoms with Gasteiger partial charge in [0.15, 0.2) is 0 Å². The molecular formula is C15H18Cl2N2O. The van der Waals surface area contributed by atoms with Gasteiger partial charge in [0.2, 0.25) is 0 Å². The lowest BCUT2D eigenvalue weighted by molar-refractivity contribution is 0.183. The van der Waals surface area contributed by atoms with Crippen molar-refractivity contribution >= 4 is 34.2 Å². The number of alkyl halides is 1. The number of fused-ring (bicyclic) bond motifs is 1. The maximum absolute atomic E-state index is 6.35. The lowest BCUT2D eigenvalue weighted by Gasteiger charge is -2.12. The largest absolute Gasteiger partial charge is 0.381 e. The molecule has 0 N–H and O–H groups in total. The standard InChI is InChI=1S/C15H18Cl2N2O/c16-7-4-14-18-13-3-1-2-12(17)15(13)19(14)8-5-11-6-9-20-10-11/h1-3,11H,4-10H2. The second-order valence-electron chi connectivity index (χ2n) is 5.24. The number of benzene rings is 1. The molecule has 0 spiro atoms. The summed E-state index contributed by atoms with van der Waals surface area (Å²) in [7, 11) is 0. The van der Waals surface area contributed by atoms with E-state index in [2.05, 4.69) is 9.55 Å². The summed E-state index contributed by atoms with van der Waals surface area (Å²) in [4.78, 5) is 4.67. The molecule has 1 aromatic heterocycles. The first-order valence-electron chi connectivity index (χ1n) is 7.07. The molecule has 1 fully saturated rings. The number of hydrogen-bond donors (Lipinski definition) is 0. The van der Waals surface area contributed by atoms with Crippen molar-refractivity contribution in [3.8, 4) is 0 Å². The Labute approximate surface area is 128 Å². The Morgan fingerprint density at radius 3 is 3.05 bits per heavy atom. The highest BCUT2D eigenvalue weighted by molar-refractivity contribution is 6.35. The minimum Gasteiger partial charge on any atom is -0.381 e. The number of nitrogens with zero attached hydrogens (tertiary/aromatic N) is 2. The summed E-state index contributed by atoms with van der Waals surface area (Å²) in [5, 5.41) is 0.762. The number of aromatic nitrogens is 2. The van der Waals surface area contributed by atoms with Crippen LogP contribution in [0.15, 0.2) is 18.2 Å². The summed E-state index contributed by atoms with van der Waals surface area (Å²) >= 11 is 12.2. The van der Waals surface area contributed by atoms with Crippen LogP contribution >= 0.6 is 23.2 Å². The number of imidazole rings is 1. The van der Waals surface area contributed by atoms with Gasteiger partial charge in [-0.1, -0.05) is 17.7 Å². The first kappa shape index (κ1) is 14.2. The third-order valence-electron chi connectivity index (χ3n) is 3.90. The number of para-hydroxylation sites is 1. The summed E-state index contributed by atoms with van der Waals surface area (Å²) in [6, 6.07) is 5.87. The molecule has 3 nitrogen and oxygen atoms in total. The van der Waals surface area contributed by atoms with Crippen LogP contribution in [-0.4, -0.2) is 28.6 Å². The number of halogens is 2. The van der Waals surface area contributed by atoms with Crippen molar-refractivity contribution in [1.29, 1.82) is 0 Å². The average molecular weight is 313 g/mol. The van der Waals surface area contributed by atoms with E-state index in [9.17, 15) is 0 Å². The van der Waals surface area contributed by atoms with Crippen LogP contribution in [0.2, 0.25) is 5.02 Å². The minimum absolute atomic E-state index is 0.577. The second kappa shape index (κ2) is 6.33. The third-order valence-corrected chi connectivity index (χ3v) is 4.39. The highest BCUT2D eigenvalue weighted by Gasteiger charge is 2.18. The van der Waals surface area contributed by atoms with Gasteiger partial charge in [-0.15, -0.1) is 11.6 Å². The summed E-state index contributed by atoms with van der Waals surface area (Å²) in [5.74, 6) is 2.26. The first-order chi connectivity index (χ1) is 9.79. The Balaban J connectivity index is 1.90. The maximum Gasteiger partial charge on any atom is 0.111 e. The molecular weight excluding hydrogens is 295 g/mol. The monoisotopic (exact) mass is 312 g/mol. The number of rotatable bonds is 5. The van der Waals surface area contributed by atoms with Gasteiger partial charge in [0.05, 0.1) is 16.1 Å². The van der Waals surface area contributed by atoms with E-state index in [-0.39, 0.29) is 0 Å². The normalized spacial score (nSPS) is 19.0.